The van der Waals surface area contributed by atoms with Crippen LogP contribution in [0.25, 0.3) is 0 Å². The Kier molecular flexibility index (Phi) is 8.72. The zero-order valence-electron chi connectivity index (χ0n) is 13.6. The number of hydrogen-bond donors (Lipinski definition) is 1. The molecule has 0 aromatic rings. The highest BCUT2D eigenvalue weighted by Crippen LogP contribution is 2.32. The van der Waals surface area contributed by atoms with Crippen molar-refractivity contribution >= 4 is 0 Å². The minimum absolute atomic E-state index is 0.447. The minimum atomic E-state index is 0.447. The molecule has 0 amide bonds. The highest BCUT2D eigenvalue weighted by Gasteiger charge is 2.31. The van der Waals surface area contributed by atoms with Crippen LogP contribution in [0.5, 0.6) is 0 Å². The van der Waals surface area contributed by atoms with Crippen LogP contribution in [-0.4, -0.2) is 25.3 Å². The van der Waals surface area contributed by atoms with Gasteiger partial charge in [0.1, 0.15) is 0 Å². The summed E-state index contributed by atoms with van der Waals surface area (Å²) in [5.41, 5.74) is 0. The maximum atomic E-state index is 6.21. The first-order valence-electron chi connectivity index (χ1n) is 8.54. The standard InChI is InChI=1S/C17H35NO/c1-5-7-8-9-12-19-17-13-15(14(3)4)10-11-16(17)18-6-2/h14-18H,5-13H2,1-4H3. The zero-order chi connectivity index (χ0) is 14.1. The Morgan fingerprint density at radius 1 is 1.11 bits per heavy atom. The molecule has 2 heteroatoms. The van der Waals surface area contributed by atoms with Gasteiger partial charge in [-0.3, -0.25) is 0 Å². The molecule has 114 valence electrons. The van der Waals surface area contributed by atoms with Crippen molar-refractivity contribution < 1.29 is 4.74 Å². The molecule has 0 aromatic carbocycles. The Labute approximate surface area is 120 Å². The third-order valence-corrected chi connectivity index (χ3v) is 4.57. The predicted octanol–water partition coefficient (Wildman–Crippen LogP) is 4.39. The van der Waals surface area contributed by atoms with E-state index in [0.717, 1.165) is 25.0 Å². The van der Waals surface area contributed by atoms with E-state index in [1.807, 2.05) is 0 Å². The summed E-state index contributed by atoms with van der Waals surface area (Å²) in [6.45, 7) is 11.2. The fraction of sp³-hybridized carbons (Fsp3) is 1.00. The van der Waals surface area contributed by atoms with Crippen molar-refractivity contribution in [2.24, 2.45) is 11.8 Å². The number of nitrogens with one attached hydrogen (secondary N) is 1. The molecule has 1 aliphatic rings. The molecule has 3 unspecified atom stereocenters. The molecule has 1 saturated carbocycles. The van der Waals surface area contributed by atoms with Crippen LogP contribution in [0, 0.1) is 11.8 Å². The largest absolute Gasteiger partial charge is 0.377 e. The maximum Gasteiger partial charge on any atom is 0.0730 e. The van der Waals surface area contributed by atoms with Gasteiger partial charge in [-0.05, 0) is 44.1 Å². The Morgan fingerprint density at radius 2 is 1.89 bits per heavy atom. The average Bonchev–Trinajstić information content (AvgIpc) is 2.40. The Hall–Kier alpha value is -0.0800. The Bertz CT molecular complexity index is 217. The van der Waals surface area contributed by atoms with Crippen LogP contribution in [-0.2, 0) is 4.74 Å². The first-order chi connectivity index (χ1) is 9.19. The zero-order valence-corrected chi connectivity index (χ0v) is 13.6. The topological polar surface area (TPSA) is 21.3 Å². The molecular weight excluding hydrogens is 234 g/mol. The average molecular weight is 269 g/mol. The molecule has 19 heavy (non-hydrogen) atoms. The molecule has 1 N–H and O–H groups in total. The molecule has 1 aliphatic carbocycles. The lowest BCUT2D eigenvalue weighted by atomic mass is 9.78. The van der Waals surface area contributed by atoms with Crippen molar-refractivity contribution in [3.05, 3.63) is 0 Å². The molecule has 2 nitrogen and oxygen atoms in total. The van der Waals surface area contributed by atoms with Crippen LogP contribution in [0.3, 0.4) is 0 Å². The fourth-order valence-electron chi connectivity index (χ4n) is 3.21. The quantitative estimate of drug-likeness (QED) is 0.627. The van der Waals surface area contributed by atoms with E-state index in [2.05, 4.69) is 33.0 Å². The predicted molar refractivity (Wildman–Crippen MR) is 83.5 cm³/mol. The highest BCUT2D eigenvalue weighted by molar-refractivity contribution is 4.86. The summed E-state index contributed by atoms with van der Waals surface area (Å²) in [5.74, 6) is 1.66. The molecule has 0 aliphatic heterocycles. The molecule has 0 bridgehead atoms. The van der Waals surface area contributed by atoms with E-state index in [-0.39, 0.29) is 0 Å². The summed E-state index contributed by atoms with van der Waals surface area (Å²) < 4.78 is 6.21. The van der Waals surface area contributed by atoms with Crippen molar-refractivity contribution in [3.63, 3.8) is 0 Å². The van der Waals surface area contributed by atoms with E-state index >= 15 is 0 Å². The summed E-state index contributed by atoms with van der Waals surface area (Å²) >= 11 is 0. The smallest absolute Gasteiger partial charge is 0.0730 e. The third-order valence-electron chi connectivity index (χ3n) is 4.57. The fourth-order valence-corrected chi connectivity index (χ4v) is 3.21. The lowest BCUT2D eigenvalue weighted by Crippen LogP contribution is -2.46. The van der Waals surface area contributed by atoms with Gasteiger partial charge in [-0.15, -0.1) is 0 Å². The second-order valence-corrected chi connectivity index (χ2v) is 6.45. The van der Waals surface area contributed by atoms with E-state index in [1.54, 1.807) is 0 Å². The molecule has 3 atom stereocenters. The normalized spacial score (nSPS) is 27.9. The van der Waals surface area contributed by atoms with Gasteiger partial charge in [0.15, 0.2) is 0 Å². The molecule has 0 saturated heterocycles. The van der Waals surface area contributed by atoms with Crippen LogP contribution in [0.15, 0.2) is 0 Å². The van der Waals surface area contributed by atoms with Gasteiger partial charge in [0.05, 0.1) is 6.10 Å². The van der Waals surface area contributed by atoms with Gasteiger partial charge in [-0.2, -0.15) is 0 Å². The third kappa shape index (κ3) is 6.27. The number of ether oxygens (including phenoxy) is 1. The lowest BCUT2D eigenvalue weighted by molar-refractivity contribution is -0.0176. The highest BCUT2D eigenvalue weighted by atomic mass is 16.5. The lowest BCUT2D eigenvalue weighted by Gasteiger charge is -2.38. The minimum Gasteiger partial charge on any atom is -0.377 e. The van der Waals surface area contributed by atoms with Crippen LogP contribution in [0.4, 0.5) is 0 Å². The second-order valence-electron chi connectivity index (χ2n) is 6.45. The summed E-state index contributed by atoms with van der Waals surface area (Å²) in [5, 5.41) is 3.62. The maximum absolute atomic E-state index is 6.21. The molecule has 1 rings (SSSR count). The van der Waals surface area contributed by atoms with Gasteiger partial charge in [0.2, 0.25) is 0 Å². The van der Waals surface area contributed by atoms with Gasteiger partial charge >= 0.3 is 0 Å². The molecule has 1 fully saturated rings. The van der Waals surface area contributed by atoms with E-state index in [4.69, 9.17) is 4.74 Å². The van der Waals surface area contributed by atoms with E-state index < -0.39 is 0 Å². The summed E-state index contributed by atoms with van der Waals surface area (Å²) in [7, 11) is 0. The number of likely N-dealkylation sites (N-methyl/N-ethyl adjacent to an activating group) is 1. The second kappa shape index (κ2) is 9.77. The van der Waals surface area contributed by atoms with Crippen molar-refractivity contribution in [1.82, 2.24) is 5.32 Å². The van der Waals surface area contributed by atoms with Crippen LogP contribution < -0.4 is 5.32 Å². The van der Waals surface area contributed by atoms with Crippen LogP contribution in [0.2, 0.25) is 0 Å². The summed E-state index contributed by atoms with van der Waals surface area (Å²) in [4.78, 5) is 0. The SMILES string of the molecule is CCCCCCOC1CC(C(C)C)CCC1NCC. The van der Waals surface area contributed by atoms with Gasteiger partial charge in [-0.1, -0.05) is 47.0 Å². The van der Waals surface area contributed by atoms with Crippen LogP contribution in [0.1, 0.15) is 72.6 Å². The first kappa shape index (κ1) is 17.0. The van der Waals surface area contributed by atoms with Crippen molar-refractivity contribution in [2.45, 2.75) is 84.8 Å². The van der Waals surface area contributed by atoms with E-state index in [9.17, 15) is 0 Å². The number of rotatable bonds is 9. The first-order valence-corrected chi connectivity index (χ1v) is 8.54. The van der Waals surface area contributed by atoms with E-state index in [1.165, 1.54) is 44.9 Å². The summed E-state index contributed by atoms with van der Waals surface area (Å²) in [6.07, 6.45) is 9.56. The Morgan fingerprint density at radius 3 is 2.53 bits per heavy atom. The van der Waals surface area contributed by atoms with Gasteiger partial charge in [0, 0.05) is 12.6 Å². The number of unbranched alkanes of at least 4 members (excludes halogenated alkanes) is 3. The van der Waals surface area contributed by atoms with Gasteiger partial charge < -0.3 is 10.1 Å². The monoisotopic (exact) mass is 269 g/mol. The van der Waals surface area contributed by atoms with E-state index in [0.29, 0.717) is 12.1 Å². The van der Waals surface area contributed by atoms with Gasteiger partial charge in [0.25, 0.3) is 0 Å². The van der Waals surface area contributed by atoms with Gasteiger partial charge in [-0.25, -0.2) is 0 Å². The van der Waals surface area contributed by atoms with Crippen molar-refractivity contribution in [1.29, 1.82) is 0 Å². The van der Waals surface area contributed by atoms with Crippen molar-refractivity contribution in [3.8, 4) is 0 Å². The molecular formula is C17H35NO. The molecule has 0 spiro atoms. The molecule has 0 heterocycles. The van der Waals surface area contributed by atoms with Crippen molar-refractivity contribution in [2.75, 3.05) is 13.2 Å². The van der Waals surface area contributed by atoms with Crippen LogP contribution >= 0.6 is 0 Å². The molecule has 0 radical (unpaired) electrons. The number of hydrogen-bond acceptors (Lipinski definition) is 2. The molecule has 0 aromatic heterocycles. The Balaban J connectivity index is 2.34. The summed E-state index contributed by atoms with van der Waals surface area (Å²) in [6, 6.07) is 0.589.